The van der Waals surface area contributed by atoms with Crippen molar-refractivity contribution in [1.29, 1.82) is 0 Å². The van der Waals surface area contributed by atoms with Crippen LogP contribution < -0.4 is 20.4 Å². The maximum Gasteiger partial charge on any atom is 0.0567 e. The standard InChI is InChI=1S/C71H78N4/c1-5-6-32-64-50(3)62-47-58(40-41-68(62)73(64)54-25-9-7-10-26-54)72(65-34-19-23-51-21-13-15-29-59(51)65)57-42-44-71(4,45-43-57)53-36-38-56(39-37-53)74(66-35-20-24-52-22-14-16-30-60(52)66)69-48-63-61-31-17-18-33-67(61)75(70(63)46-49(69)2)55-27-11-8-12-28-55/h1,6,8,11,13-15,17-19,21-23,25,29,31-36,38-39,41-44,47,49,52-53,55,58,60,63,69-70H,7,9-10,12,16,20,24,26-28,30,37,40,45-46,48H2,2-4H3/b32-6-/t49?,52?,53?,55?,58?,60?,63?,69?,70?,71-/m0/s1. The maximum absolute atomic E-state index is 5.83. The molecule has 0 amide bonds. The van der Waals surface area contributed by atoms with Crippen LogP contribution in [0.25, 0.3) is 34.7 Å². The molecule has 4 aromatic rings. The summed E-state index contributed by atoms with van der Waals surface area (Å²) in [6, 6.07) is 27.1. The fourth-order valence-corrected chi connectivity index (χ4v) is 15.9. The molecule has 13 rings (SSSR count). The van der Waals surface area contributed by atoms with Gasteiger partial charge >= 0.3 is 0 Å². The Hall–Kier alpha value is -6.44. The zero-order chi connectivity index (χ0) is 50.6. The first kappa shape index (κ1) is 48.2. The number of nitrogens with zero attached hydrogens (tertiary/aromatic N) is 4. The van der Waals surface area contributed by atoms with Crippen LogP contribution in [0.5, 0.6) is 0 Å². The number of fused-ring (bicyclic) bond motifs is 6. The van der Waals surface area contributed by atoms with Gasteiger partial charge in [0.2, 0.25) is 0 Å². The number of para-hydroxylation sites is 1. The fraction of sp³-hybridized carbons (Fsp3) is 0.408. The Morgan fingerprint density at radius 2 is 1.63 bits per heavy atom. The molecule has 1 aliphatic heterocycles. The number of hydrogen-bond acceptors (Lipinski definition) is 3. The number of hydrogen-bond donors (Lipinski definition) is 0. The van der Waals surface area contributed by atoms with Gasteiger partial charge in [0.05, 0.1) is 11.7 Å². The van der Waals surface area contributed by atoms with Crippen LogP contribution in [-0.2, 0) is 0 Å². The Labute approximate surface area is 448 Å². The highest BCUT2D eigenvalue weighted by Gasteiger charge is 2.49. The molecule has 8 aliphatic carbocycles. The summed E-state index contributed by atoms with van der Waals surface area (Å²) in [6.07, 6.45) is 64.3. The third kappa shape index (κ3) is 8.62. The van der Waals surface area contributed by atoms with Crippen molar-refractivity contribution in [3.8, 4) is 12.3 Å². The van der Waals surface area contributed by atoms with Crippen molar-refractivity contribution in [3.63, 3.8) is 0 Å². The molecule has 2 heterocycles. The van der Waals surface area contributed by atoms with E-state index in [9.17, 15) is 0 Å². The molecular formula is C71H78N4. The summed E-state index contributed by atoms with van der Waals surface area (Å²) in [6.45, 7) is 7.42. The van der Waals surface area contributed by atoms with Crippen LogP contribution in [0.2, 0.25) is 0 Å². The highest BCUT2D eigenvalue weighted by molar-refractivity contribution is 5.96. The monoisotopic (exact) mass is 987 g/mol. The molecule has 1 saturated carbocycles. The van der Waals surface area contributed by atoms with Gasteiger partial charge in [-0.2, -0.15) is 0 Å². The Morgan fingerprint density at radius 3 is 2.45 bits per heavy atom. The number of benzene rings is 3. The summed E-state index contributed by atoms with van der Waals surface area (Å²) >= 11 is 0. The molecule has 3 aromatic carbocycles. The molecule has 4 heteroatoms. The minimum absolute atomic E-state index is 0.00725. The van der Waals surface area contributed by atoms with Gasteiger partial charge in [-0.3, -0.25) is 0 Å². The molecule has 1 fully saturated rings. The van der Waals surface area contributed by atoms with Crippen molar-refractivity contribution in [2.24, 2.45) is 29.1 Å². The highest BCUT2D eigenvalue weighted by Crippen LogP contribution is 2.54. The van der Waals surface area contributed by atoms with E-state index < -0.39 is 0 Å². The SMILES string of the molecule is C#C/C=C\c1c(C)c2c(n1C1=CCCCC1)=CCC(N(C1=CC[C@@](C)(C3C=CC(N(C4=CCCC5C=CCCC45)C4CC5c6ccccc6N(C6CC=CCC6)C5CC4C)=CC3)C=C1)c1cccc3ccccc13)C=2. The van der Waals surface area contributed by atoms with E-state index in [1.807, 2.05) is 6.08 Å². The van der Waals surface area contributed by atoms with Gasteiger partial charge < -0.3 is 19.3 Å². The van der Waals surface area contributed by atoms with E-state index in [0.717, 1.165) is 32.1 Å². The van der Waals surface area contributed by atoms with Crippen molar-refractivity contribution in [2.75, 3.05) is 9.80 Å². The van der Waals surface area contributed by atoms with Crippen LogP contribution in [0, 0.1) is 48.4 Å². The van der Waals surface area contributed by atoms with E-state index in [1.54, 1.807) is 11.3 Å². The van der Waals surface area contributed by atoms with Crippen molar-refractivity contribution in [2.45, 2.75) is 154 Å². The Kier molecular flexibility index (Phi) is 13.0. The Balaban J connectivity index is 0.809. The van der Waals surface area contributed by atoms with E-state index >= 15 is 0 Å². The van der Waals surface area contributed by atoms with E-state index in [-0.39, 0.29) is 11.5 Å². The predicted molar refractivity (Wildman–Crippen MR) is 317 cm³/mol. The summed E-state index contributed by atoms with van der Waals surface area (Å²) < 4.78 is 2.52. The first-order chi connectivity index (χ1) is 36.9. The normalized spacial score (nSPS) is 30.7. The van der Waals surface area contributed by atoms with E-state index in [4.69, 9.17) is 6.42 Å². The third-order valence-corrected chi connectivity index (χ3v) is 19.8. The summed E-state index contributed by atoms with van der Waals surface area (Å²) in [7, 11) is 0. The van der Waals surface area contributed by atoms with E-state index in [1.165, 1.54) is 132 Å². The lowest BCUT2D eigenvalue weighted by Gasteiger charge is -2.51. The maximum atomic E-state index is 5.83. The third-order valence-electron chi connectivity index (χ3n) is 19.8. The highest BCUT2D eigenvalue weighted by atomic mass is 15.2. The molecule has 382 valence electrons. The molecule has 9 aliphatic rings. The molecule has 4 nitrogen and oxygen atoms in total. The van der Waals surface area contributed by atoms with E-state index in [2.05, 4.69) is 204 Å². The molecule has 10 atom stereocenters. The van der Waals surface area contributed by atoms with Gasteiger partial charge in [-0.25, -0.2) is 0 Å². The zero-order valence-corrected chi connectivity index (χ0v) is 45.0. The van der Waals surface area contributed by atoms with Crippen LogP contribution in [-0.4, -0.2) is 33.6 Å². The second kappa shape index (κ2) is 20.3. The lowest BCUT2D eigenvalue weighted by Crippen LogP contribution is -2.52. The van der Waals surface area contributed by atoms with Crippen LogP contribution in [0.1, 0.15) is 139 Å². The molecule has 0 bridgehead atoms. The molecule has 0 spiro atoms. The quantitative estimate of drug-likeness (QED) is 0.116. The Bertz CT molecular complexity index is 3330. The summed E-state index contributed by atoms with van der Waals surface area (Å²) in [5.41, 5.74) is 12.7. The van der Waals surface area contributed by atoms with Gasteiger partial charge in [0, 0.05) is 80.1 Å². The van der Waals surface area contributed by atoms with Crippen molar-refractivity contribution in [1.82, 2.24) is 9.47 Å². The zero-order valence-electron chi connectivity index (χ0n) is 45.0. The van der Waals surface area contributed by atoms with Gasteiger partial charge in [0.1, 0.15) is 0 Å². The van der Waals surface area contributed by atoms with Crippen LogP contribution in [0.15, 0.2) is 163 Å². The minimum atomic E-state index is -0.00725. The molecule has 75 heavy (non-hydrogen) atoms. The summed E-state index contributed by atoms with van der Waals surface area (Å²) in [4.78, 5) is 8.53. The number of rotatable bonds is 10. The number of terminal acetylenes is 1. The largest absolute Gasteiger partial charge is 0.364 e. The van der Waals surface area contributed by atoms with Crippen LogP contribution in [0.4, 0.5) is 11.4 Å². The average Bonchev–Trinajstić information content (AvgIpc) is 3.93. The van der Waals surface area contributed by atoms with Crippen LogP contribution in [0.3, 0.4) is 0 Å². The average molecular weight is 987 g/mol. The molecule has 0 N–H and O–H groups in total. The lowest BCUT2D eigenvalue weighted by atomic mass is 9.69. The van der Waals surface area contributed by atoms with Gasteiger partial charge in [-0.1, -0.05) is 147 Å². The van der Waals surface area contributed by atoms with Crippen LogP contribution >= 0.6 is 0 Å². The topological polar surface area (TPSA) is 14.7 Å². The summed E-state index contributed by atoms with van der Waals surface area (Å²) in [5, 5.41) is 5.23. The summed E-state index contributed by atoms with van der Waals surface area (Å²) in [5.74, 6) is 5.59. The van der Waals surface area contributed by atoms with E-state index in [0.29, 0.717) is 47.7 Å². The first-order valence-electron chi connectivity index (χ1n) is 29.4. The molecule has 1 aromatic heterocycles. The van der Waals surface area contributed by atoms with Gasteiger partial charge in [-0.15, -0.1) is 6.42 Å². The van der Waals surface area contributed by atoms with Gasteiger partial charge in [0.15, 0.2) is 0 Å². The Morgan fingerprint density at radius 1 is 0.760 bits per heavy atom. The first-order valence-corrected chi connectivity index (χ1v) is 29.4. The second-order valence-electron chi connectivity index (χ2n) is 24.1. The van der Waals surface area contributed by atoms with Crippen molar-refractivity contribution in [3.05, 3.63) is 190 Å². The van der Waals surface area contributed by atoms with Crippen molar-refractivity contribution >= 4 is 46.1 Å². The number of anilines is 2. The minimum Gasteiger partial charge on any atom is -0.364 e. The predicted octanol–water partition coefficient (Wildman–Crippen LogP) is 15.6. The number of allylic oxidation sites excluding steroid dienone is 14. The van der Waals surface area contributed by atoms with Crippen molar-refractivity contribution < 1.29 is 0 Å². The smallest absolute Gasteiger partial charge is 0.0567 e. The molecule has 9 unspecified atom stereocenters. The second-order valence-corrected chi connectivity index (χ2v) is 24.1. The number of aromatic nitrogens is 1. The van der Waals surface area contributed by atoms with Gasteiger partial charge in [0.25, 0.3) is 0 Å². The fourth-order valence-electron chi connectivity index (χ4n) is 15.9. The molecular weight excluding hydrogens is 909 g/mol. The molecule has 0 radical (unpaired) electrons. The molecule has 0 saturated heterocycles. The lowest BCUT2D eigenvalue weighted by molar-refractivity contribution is 0.130. The van der Waals surface area contributed by atoms with Gasteiger partial charge in [-0.05, 0) is 186 Å².